The summed E-state index contributed by atoms with van der Waals surface area (Å²) in [6.07, 6.45) is 5.47. The molecule has 0 atom stereocenters. The number of hydrogen-bond acceptors (Lipinski definition) is 4. The molecule has 0 bridgehead atoms. The minimum absolute atomic E-state index is 0.0370. The molecule has 1 aromatic carbocycles. The van der Waals surface area contributed by atoms with Crippen LogP contribution in [0.5, 0.6) is 0 Å². The molecule has 2 aliphatic rings. The molecule has 0 unspecified atom stereocenters. The molecule has 0 saturated carbocycles. The maximum absolute atomic E-state index is 12.6. The number of carbonyl (C=O) groups is 2. The van der Waals surface area contributed by atoms with Crippen LogP contribution in [-0.2, 0) is 17.9 Å². The van der Waals surface area contributed by atoms with Gasteiger partial charge in [-0.25, -0.2) is 0 Å². The Morgan fingerprint density at radius 2 is 2.00 bits per heavy atom. The lowest BCUT2D eigenvalue weighted by molar-refractivity contribution is -0.133. The molecular formula is C18H21N5O2. The molecule has 130 valence electrons. The lowest BCUT2D eigenvalue weighted by Crippen LogP contribution is -2.44. The van der Waals surface area contributed by atoms with Crippen molar-refractivity contribution in [2.45, 2.75) is 25.9 Å². The predicted octanol–water partition coefficient (Wildman–Crippen LogP) is 1.17. The molecular weight excluding hydrogens is 318 g/mol. The number of piperidine rings is 1. The summed E-state index contributed by atoms with van der Waals surface area (Å²) in [5.74, 6) is 0.522. The van der Waals surface area contributed by atoms with Gasteiger partial charge in [-0.3, -0.25) is 14.3 Å². The quantitative estimate of drug-likeness (QED) is 0.838. The van der Waals surface area contributed by atoms with E-state index in [2.05, 4.69) is 10.3 Å². The van der Waals surface area contributed by atoms with Crippen molar-refractivity contribution < 1.29 is 9.59 Å². The summed E-state index contributed by atoms with van der Waals surface area (Å²) in [7, 11) is 0. The Morgan fingerprint density at radius 3 is 2.72 bits per heavy atom. The third-order valence-corrected chi connectivity index (χ3v) is 5.11. The monoisotopic (exact) mass is 339 g/mol. The van der Waals surface area contributed by atoms with Crippen molar-refractivity contribution >= 4 is 11.8 Å². The van der Waals surface area contributed by atoms with Crippen LogP contribution >= 0.6 is 0 Å². The van der Waals surface area contributed by atoms with Crippen molar-refractivity contribution in [2.24, 2.45) is 5.92 Å². The highest BCUT2D eigenvalue weighted by Crippen LogP contribution is 2.23. The maximum atomic E-state index is 12.6. The standard InChI is InChI=1S/C18H21N5O2/c24-17(13-22-12-15-3-1-2-4-16(15)18(22)25)21-8-5-14(6-9-21)11-23-10-7-19-20-23/h1-4,7,10,14H,5-6,8-9,11-13H2. The Kier molecular flexibility index (Phi) is 4.21. The smallest absolute Gasteiger partial charge is 0.254 e. The molecule has 1 aromatic heterocycles. The van der Waals surface area contributed by atoms with E-state index in [4.69, 9.17) is 0 Å². The van der Waals surface area contributed by atoms with Crippen molar-refractivity contribution in [3.05, 3.63) is 47.8 Å². The molecule has 0 spiro atoms. The van der Waals surface area contributed by atoms with Crippen molar-refractivity contribution in [3.8, 4) is 0 Å². The van der Waals surface area contributed by atoms with Crippen LogP contribution in [0.2, 0.25) is 0 Å². The molecule has 1 saturated heterocycles. The van der Waals surface area contributed by atoms with Crippen LogP contribution in [0.1, 0.15) is 28.8 Å². The number of amides is 2. The molecule has 0 N–H and O–H groups in total. The number of benzene rings is 1. The highest BCUT2D eigenvalue weighted by molar-refractivity contribution is 6.00. The third-order valence-electron chi connectivity index (χ3n) is 5.11. The molecule has 25 heavy (non-hydrogen) atoms. The number of nitrogens with zero attached hydrogens (tertiary/aromatic N) is 5. The number of carbonyl (C=O) groups excluding carboxylic acids is 2. The van der Waals surface area contributed by atoms with Crippen LogP contribution in [0.15, 0.2) is 36.7 Å². The van der Waals surface area contributed by atoms with Gasteiger partial charge in [0, 0.05) is 37.9 Å². The molecule has 4 rings (SSSR count). The van der Waals surface area contributed by atoms with Gasteiger partial charge in [-0.05, 0) is 30.4 Å². The van der Waals surface area contributed by atoms with Gasteiger partial charge in [0.05, 0.1) is 6.20 Å². The van der Waals surface area contributed by atoms with E-state index < -0.39 is 0 Å². The van der Waals surface area contributed by atoms with Crippen LogP contribution in [0.3, 0.4) is 0 Å². The van der Waals surface area contributed by atoms with Gasteiger partial charge in [0.25, 0.3) is 5.91 Å². The van der Waals surface area contributed by atoms with Gasteiger partial charge in [0.15, 0.2) is 0 Å². The number of rotatable bonds is 4. The number of aromatic nitrogens is 3. The second-order valence-electron chi connectivity index (χ2n) is 6.77. The molecule has 7 nitrogen and oxygen atoms in total. The van der Waals surface area contributed by atoms with Crippen molar-refractivity contribution in [3.63, 3.8) is 0 Å². The van der Waals surface area contributed by atoms with Gasteiger partial charge in [-0.2, -0.15) is 0 Å². The molecule has 3 heterocycles. The van der Waals surface area contributed by atoms with Gasteiger partial charge in [-0.1, -0.05) is 23.4 Å². The van der Waals surface area contributed by atoms with Crippen LogP contribution in [-0.4, -0.2) is 56.2 Å². The third kappa shape index (κ3) is 3.26. The largest absolute Gasteiger partial charge is 0.341 e. The first-order valence-electron chi connectivity index (χ1n) is 8.70. The highest BCUT2D eigenvalue weighted by atomic mass is 16.2. The van der Waals surface area contributed by atoms with Gasteiger partial charge < -0.3 is 9.80 Å². The number of hydrogen-bond donors (Lipinski definition) is 0. The van der Waals surface area contributed by atoms with Crippen molar-refractivity contribution in [2.75, 3.05) is 19.6 Å². The van der Waals surface area contributed by atoms with E-state index in [1.54, 1.807) is 11.1 Å². The maximum Gasteiger partial charge on any atom is 0.254 e. The van der Waals surface area contributed by atoms with E-state index in [0.717, 1.165) is 43.6 Å². The van der Waals surface area contributed by atoms with Crippen LogP contribution in [0.4, 0.5) is 0 Å². The van der Waals surface area contributed by atoms with Gasteiger partial charge in [-0.15, -0.1) is 5.10 Å². The lowest BCUT2D eigenvalue weighted by atomic mass is 9.97. The fourth-order valence-corrected chi connectivity index (χ4v) is 3.67. The first-order chi connectivity index (χ1) is 12.2. The zero-order valence-corrected chi connectivity index (χ0v) is 14.0. The first-order valence-corrected chi connectivity index (χ1v) is 8.70. The molecule has 1 fully saturated rings. The topological polar surface area (TPSA) is 71.3 Å². The lowest BCUT2D eigenvalue weighted by Gasteiger charge is -2.33. The fourth-order valence-electron chi connectivity index (χ4n) is 3.67. The predicted molar refractivity (Wildman–Crippen MR) is 90.5 cm³/mol. The second kappa shape index (κ2) is 6.66. The van der Waals surface area contributed by atoms with Crippen molar-refractivity contribution in [1.29, 1.82) is 0 Å². The zero-order valence-electron chi connectivity index (χ0n) is 14.0. The summed E-state index contributed by atoms with van der Waals surface area (Å²) in [6.45, 7) is 3.03. The van der Waals surface area contributed by atoms with E-state index in [1.165, 1.54) is 0 Å². The Hall–Kier alpha value is -2.70. The summed E-state index contributed by atoms with van der Waals surface area (Å²) >= 11 is 0. The molecule has 0 radical (unpaired) electrons. The summed E-state index contributed by atoms with van der Waals surface area (Å²) in [5, 5.41) is 7.83. The summed E-state index contributed by atoms with van der Waals surface area (Å²) < 4.78 is 1.85. The minimum Gasteiger partial charge on any atom is -0.341 e. The molecule has 2 aromatic rings. The van der Waals surface area contributed by atoms with E-state index in [1.807, 2.05) is 40.0 Å². The Labute approximate surface area is 146 Å². The fraction of sp³-hybridized carbons (Fsp3) is 0.444. The van der Waals surface area contributed by atoms with E-state index in [9.17, 15) is 9.59 Å². The first kappa shape index (κ1) is 15.8. The summed E-state index contributed by atoms with van der Waals surface area (Å²) in [5.41, 5.74) is 1.73. The van der Waals surface area contributed by atoms with Crippen LogP contribution in [0, 0.1) is 5.92 Å². The van der Waals surface area contributed by atoms with Crippen LogP contribution in [0.25, 0.3) is 0 Å². The van der Waals surface area contributed by atoms with E-state index in [-0.39, 0.29) is 18.4 Å². The Balaban J connectivity index is 1.29. The number of likely N-dealkylation sites (tertiary alicyclic amines) is 1. The van der Waals surface area contributed by atoms with E-state index in [0.29, 0.717) is 12.5 Å². The second-order valence-corrected chi connectivity index (χ2v) is 6.77. The molecule has 7 heteroatoms. The SMILES string of the molecule is O=C(CN1Cc2ccccc2C1=O)N1CCC(Cn2ccnn2)CC1. The highest BCUT2D eigenvalue weighted by Gasteiger charge is 2.30. The minimum atomic E-state index is -0.0370. The Morgan fingerprint density at radius 1 is 1.20 bits per heavy atom. The average molecular weight is 339 g/mol. The number of fused-ring (bicyclic) bond motifs is 1. The van der Waals surface area contributed by atoms with Crippen molar-refractivity contribution in [1.82, 2.24) is 24.8 Å². The van der Waals surface area contributed by atoms with Gasteiger partial charge in [0.1, 0.15) is 6.54 Å². The molecule has 2 amide bonds. The summed E-state index contributed by atoms with van der Waals surface area (Å²) in [4.78, 5) is 28.5. The van der Waals surface area contributed by atoms with Gasteiger partial charge in [0.2, 0.25) is 5.91 Å². The summed E-state index contributed by atoms with van der Waals surface area (Å²) in [6, 6.07) is 7.57. The van der Waals surface area contributed by atoms with Crippen LogP contribution < -0.4 is 0 Å². The zero-order chi connectivity index (χ0) is 17.2. The normalized spacial score (nSPS) is 17.8. The van der Waals surface area contributed by atoms with E-state index >= 15 is 0 Å². The molecule has 2 aliphatic heterocycles. The molecule has 0 aliphatic carbocycles. The average Bonchev–Trinajstić information content (AvgIpc) is 3.24. The van der Waals surface area contributed by atoms with Gasteiger partial charge >= 0.3 is 0 Å². The Bertz CT molecular complexity index is 766.